The molecule has 5 nitrogen and oxygen atoms in total. The quantitative estimate of drug-likeness (QED) is 0.579. The van der Waals surface area contributed by atoms with Crippen LogP contribution in [-0.4, -0.2) is 54.5 Å². The van der Waals surface area contributed by atoms with Crippen LogP contribution in [0.1, 0.15) is 33.5 Å². The number of fused-ring (bicyclic) bond motifs is 1. The van der Waals surface area contributed by atoms with Gasteiger partial charge in [-0.1, -0.05) is 24.3 Å². The summed E-state index contributed by atoms with van der Waals surface area (Å²) >= 11 is 1.82. The van der Waals surface area contributed by atoms with Crippen LogP contribution in [0, 0.1) is 0 Å². The fourth-order valence-electron chi connectivity index (χ4n) is 4.75. The second kappa shape index (κ2) is 8.89. The molecule has 162 valence electrons. The summed E-state index contributed by atoms with van der Waals surface area (Å²) in [6.45, 7) is 7.34. The Morgan fingerprint density at radius 2 is 1.94 bits per heavy atom. The average molecular weight is 436 g/mol. The van der Waals surface area contributed by atoms with Crippen molar-refractivity contribution < 1.29 is 9.21 Å². The number of hydrogen-bond acceptors (Lipinski definition) is 5. The maximum atomic E-state index is 13.3. The van der Waals surface area contributed by atoms with E-state index in [0.717, 1.165) is 51.3 Å². The largest absolute Gasteiger partial charge is 0.467 e. The Morgan fingerprint density at radius 3 is 2.74 bits per heavy atom. The summed E-state index contributed by atoms with van der Waals surface area (Å²) in [4.78, 5) is 21.5. The Bertz CT molecular complexity index is 1020. The maximum Gasteiger partial charge on any atom is 0.257 e. The number of furan rings is 1. The highest BCUT2D eigenvalue weighted by Crippen LogP contribution is 2.33. The molecule has 1 amide bonds. The number of carbonyl (C=O) groups excluding carboxylic acids is 1. The van der Waals surface area contributed by atoms with Crippen molar-refractivity contribution in [2.75, 3.05) is 37.6 Å². The fourth-order valence-corrected chi connectivity index (χ4v) is 5.45. The first kappa shape index (κ1) is 20.3. The number of piperazine rings is 1. The van der Waals surface area contributed by atoms with Gasteiger partial charge in [-0.25, -0.2) is 0 Å². The van der Waals surface area contributed by atoms with Crippen molar-refractivity contribution in [3.05, 3.63) is 75.9 Å². The minimum absolute atomic E-state index is 0.0989. The molecule has 6 heteroatoms. The molecule has 0 saturated carbocycles. The van der Waals surface area contributed by atoms with Gasteiger partial charge in [0.05, 0.1) is 18.4 Å². The van der Waals surface area contributed by atoms with Gasteiger partial charge in [0.25, 0.3) is 5.91 Å². The van der Waals surface area contributed by atoms with E-state index in [2.05, 4.69) is 58.5 Å². The molecule has 4 heterocycles. The van der Waals surface area contributed by atoms with Crippen LogP contribution in [-0.2, 0) is 19.4 Å². The molecule has 1 aromatic carbocycles. The zero-order valence-corrected chi connectivity index (χ0v) is 18.8. The van der Waals surface area contributed by atoms with Gasteiger partial charge in [-0.3, -0.25) is 9.69 Å². The summed E-state index contributed by atoms with van der Waals surface area (Å²) in [5.41, 5.74) is 3.33. The highest BCUT2D eigenvalue weighted by molar-refractivity contribution is 7.09. The van der Waals surface area contributed by atoms with Crippen LogP contribution in [0.4, 0.5) is 5.69 Å². The van der Waals surface area contributed by atoms with E-state index in [0.29, 0.717) is 18.2 Å². The average Bonchev–Trinajstić information content (AvgIpc) is 3.54. The molecule has 3 aromatic rings. The molecule has 2 aromatic heterocycles. The number of nitrogens with zero attached hydrogens (tertiary/aromatic N) is 3. The normalized spacial score (nSPS) is 19.1. The molecule has 1 fully saturated rings. The monoisotopic (exact) mass is 435 g/mol. The summed E-state index contributed by atoms with van der Waals surface area (Å²) in [7, 11) is 0. The molecule has 5 rings (SSSR count). The van der Waals surface area contributed by atoms with Gasteiger partial charge in [0.2, 0.25) is 0 Å². The van der Waals surface area contributed by atoms with E-state index in [1.807, 2.05) is 22.3 Å². The molecule has 0 aliphatic carbocycles. The smallest absolute Gasteiger partial charge is 0.257 e. The lowest BCUT2D eigenvalue weighted by Gasteiger charge is -2.34. The number of benzene rings is 1. The molecule has 31 heavy (non-hydrogen) atoms. The van der Waals surface area contributed by atoms with Gasteiger partial charge in [0, 0.05) is 49.3 Å². The number of para-hydroxylation sites is 1. The molecule has 1 saturated heterocycles. The summed E-state index contributed by atoms with van der Waals surface area (Å²) in [5.74, 6) is 0.871. The van der Waals surface area contributed by atoms with E-state index < -0.39 is 0 Å². The SMILES string of the molecule is CC1Cc2ccccc2N1Cc1occc1C(=O)N1CCN(CCc2cccs2)CC1. The molecule has 0 bridgehead atoms. The molecular formula is C25H29N3O2S. The second-order valence-electron chi connectivity index (χ2n) is 8.53. The van der Waals surface area contributed by atoms with Crippen molar-refractivity contribution in [2.24, 2.45) is 0 Å². The van der Waals surface area contributed by atoms with Crippen LogP contribution >= 0.6 is 11.3 Å². The predicted octanol–water partition coefficient (Wildman–Crippen LogP) is 4.29. The van der Waals surface area contributed by atoms with Crippen molar-refractivity contribution >= 4 is 22.9 Å². The number of rotatable bonds is 6. The number of carbonyl (C=O) groups is 1. The molecule has 1 atom stereocenters. The lowest BCUT2D eigenvalue weighted by Crippen LogP contribution is -2.49. The van der Waals surface area contributed by atoms with Gasteiger partial charge in [0.15, 0.2) is 0 Å². The first-order valence-electron chi connectivity index (χ1n) is 11.1. The minimum Gasteiger partial charge on any atom is -0.467 e. The van der Waals surface area contributed by atoms with E-state index in [4.69, 9.17) is 4.42 Å². The number of hydrogen-bond donors (Lipinski definition) is 0. The molecule has 0 N–H and O–H groups in total. The molecule has 2 aliphatic heterocycles. The highest BCUT2D eigenvalue weighted by atomic mass is 32.1. The fraction of sp³-hybridized carbons (Fsp3) is 0.400. The minimum atomic E-state index is 0.0989. The molecular weight excluding hydrogens is 406 g/mol. The lowest BCUT2D eigenvalue weighted by molar-refractivity contribution is 0.0636. The number of thiophene rings is 1. The summed E-state index contributed by atoms with van der Waals surface area (Å²) < 4.78 is 5.80. The molecule has 0 spiro atoms. The molecule has 2 aliphatic rings. The zero-order valence-electron chi connectivity index (χ0n) is 18.0. The van der Waals surface area contributed by atoms with Crippen LogP contribution in [0.5, 0.6) is 0 Å². The lowest BCUT2D eigenvalue weighted by atomic mass is 10.1. The number of anilines is 1. The summed E-state index contributed by atoms with van der Waals surface area (Å²) in [5, 5.41) is 2.13. The third kappa shape index (κ3) is 4.27. The Morgan fingerprint density at radius 1 is 1.10 bits per heavy atom. The number of amides is 1. The Hall–Kier alpha value is -2.57. The van der Waals surface area contributed by atoms with Crippen LogP contribution in [0.15, 0.2) is 58.5 Å². The second-order valence-corrected chi connectivity index (χ2v) is 9.56. The third-order valence-corrected chi connectivity index (χ3v) is 7.49. The van der Waals surface area contributed by atoms with Crippen molar-refractivity contribution in [3.8, 4) is 0 Å². The Labute approximate surface area is 187 Å². The maximum absolute atomic E-state index is 13.3. The van der Waals surface area contributed by atoms with E-state index in [9.17, 15) is 4.79 Å². The Balaban J connectivity index is 1.20. The topological polar surface area (TPSA) is 39.9 Å². The van der Waals surface area contributed by atoms with Gasteiger partial charge in [-0.15, -0.1) is 11.3 Å². The van der Waals surface area contributed by atoms with Crippen LogP contribution < -0.4 is 4.90 Å². The standard InChI is InChI=1S/C25H29N3O2S/c1-19-17-20-5-2-3-7-23(20)28(19)18-24-22(9-15-30-24)25(29)27-13-11-26(12-14-27)10-8-21-6-4-16-31-21/h2-7,9,15-16,19H,8,10-14,17-18H2,1H3. The summed E-state index contributed by atoms with van der Waals surface area (Å²) in [6.07, 6.45) is 3.78. The van der Waals surface area contributed by atoms with Crippen molar-refractivity contribution in [1.29, 1.82) is 0 Å². The van der Waals surface area contributed by atoms with Crippen LogP contribution in [0.25, 0.3) is 0 Å². The van der Waals surface area contributed by atoms with Gasteiger partial charge in [-0.05, 0) is 48.9 Å². The first-order chi connectivity index (χ1) is 15.2. The Kier molecular flexibility index (Phi) is 5.83. The first-order valence-corrected chi connectivity index (χ1v) is 12.0. The molecule has 0 radical (unpaired) electrons. The third-order valence-electron chi connectivity index (χ3n) is 6.55. The van der Waals surface area contributed by atoms with Gasteiger partial charge in [-0.2, -0.15) is 0 Å². The van der Waals surface area contributed by atoms with Crippen molar-refractivity contribution in [2.45, 2.75) is 32.4 Å². The van der Waals surface area contributed by atoms with Gasteiger partial charge >= 0.3 is 0 Å². The highest BCUT2D eigenvalue weighted by Gasteiger charge is 2.30. The van der Waals surface area contributed by atoms with Gasteiger partial charge < -0.3 is 14.2 Å². The summed E-state index contributed by atoms with van der Waals surface area (Å²) in [6, 6.07) is 15.1. The zero-order chi connectivity index (χ0) is 21.2. The van der Waals surface area contributed by atoms with E-state index in [-0.39, 0.29) is 5.91 Å². The van der Waals surface area contributed by atoms with Crippen molar-refractivity contribution in [1.82, 2.24) is 9.80 Å². The van der Waals surface area contributed by atoms with E-state index in [1.54, 1.807) is 6.26 Å². The van der Waals surface area contributed by atoms with Crippen LogP contribution in [0.3, 0.4) is 0 Å². The van der Waals surface area contributed by atoms with Crippen LogP contribution in [0.2, 0.25) is 0 Å². The van der Waals surface area contributed by atoms with Gasteiger partial charge in [0.1, 0.15) is 5.76 Å². The van der Waals surface area contributed by atoms with E-state index in [1.165, 1.54) is 16.1 Å². The predicted molar refractivity (Wildman–Crippen MR) is 125 cm³/mol. The van der Waals surface area contributed by atoms with E-state index >= 15 is 0 Å². The van der Waals surface area contributed by atoms with Crippen molar-refractivity contribution in [3.63, 3.8) is 0 Å². The molecule has 1 unspecified atom stereocenters.